The van der Waals surface area contributed by atoms with Crippen molar-refractivity contribution >= 4 is 34.0 Å². The largest absolute Gasteiger partial charge is 0.276 e. The number of benzene rings is 2. The van der Waals surface area contributed by atoms with Crippen molar-refractivity contribution in [2.24, 2.45) is 0 Å². The Morgan fingerprint density at radius 3 is 2.52 bits per heavy atom. The third kappa shape index (κ3) is 2.23. The lowest BCUT2D eigenvalue weighted by molar-refractivity contribution is 1.09. The predicted molar refractivity (Wildman–Crippen MR) is 96.1 cm³/mol. The SMILES string of the molecule is Cc1ccc(/C=c2\c3ccccc3c3cccc(=O)n23)cc1Cl. The molecule has 0 radical (unpaired) electrons. The molecule has 4 aromatic rings. The summed E-state index contributed by atoms with van der Waals surface area (Å²) in [5.74, 6) is 0. The molecule has 4 rings (SSSR count). The fourth-order valence-corrected chi connectivity index (χ4v) is 3.19. The second kappa shape index (κ2) is 5.25. The van der Waals surface area contributed by atoms with Gasteiger partial charge in [0, 0.05) is 21.9 Å². The lowest BCUT2D eigenvalue weighted by Crippen LogP contribution is -2.22. The van der Waals surface area contributed by atoms with E-state index in [2.05, 4.69) is 0 Å². The van der Waals surface area contributed by atoms with Gasteiger partial charge in [-0.15, -0.1) is 0 Å². The minimum atomic E-state index is -0.0249. The Kier molecular flexibility index (Phi) is 3.21. The number of pyridine rings is 1. The number of hydrogen-bond donors (Lipinski definition) is 0. The second-order valence-corrected chi connectivity index (χ2v) is 6.08. The molecule has 0 aliphatic carbocycles. The van der Waals surface area contributed by atoms with Gasteiger partial charge in [0.1, 0.15) is 0 Å². The summed E-state index contributed by atoms with van der Waals surface area (Å²) in [6, 6.07) is 19.4. The van der Waals surface area contributed by atoms with Crippen molar-refractivity contribution in [3.05, 3.63) is 92.5 Å². The van der Waals surface area contributed by atoms with Crippen LogP contribution in [0.2, 0.25) is 5.02 Å². The van der Waals surface area contributed by atoms with Gasteiger partial charge in [-0.3, -0.25) is 9.20 Å². The van der Waals surface area contributed by atoms with Crippen molar-refractivity contribution in [2.75, 3.05) is 0 Å². The number of rotatable bonds is 1. The van der Waals surface area contributed by atoms with Crippen LogP contribution < -0.4 is 10.9 Å². The molecule has 0 saturated heterocycles. The van der Waals surface area contributed by atoms with E-state index in [1.165, 1.54) is 0 Å². The summed E-state index contributed by atoms with van der Waals surface area (Å²) < 4.78 is 1.76. The zero-order valence-corrected chi connectivity index (χ0v) is 13.3. The zero-order valence-electron chi connectivity index (χ0n) is 12.6. The van der Waals surface area contributed by atoms with E-state index in [9.17, 15) is 4.79 Å². The average molecular weight is 320 g/mol. The molecule has 2 nitrogen and oxygen atoms in total. The van der Waals surface area contributed by atoms with E-state index >= 15 is 0 Å². The predicted octanol–water partition coefficient (Wildman–Crippen LogP) is 3.96. The molecule has 2 heterocycles. The highest BCUT2D eigenvalue weighted by Gasteiger charge is 2.08. The van der Waals surface area contributed by atoms with Gasteiger partial charge in [-0.25, -0.2) is 0 Å². The van der Waals surface area contributed by atoms with Crippen LogP contribution in [0.3, 0.4) is 0 Å². The first-order chi connectivity index (χ1) is 11.1. The first-order valence-electron chi connectivity index (χ1n) is 7.45. The van der Waals surface area contributed by atoms with E-state index < -0.39 is 0 Å². The topological polar surface area (TPSA) is 21.5 Å². The third-order valence-electron chi connectivity index (χ3n) is 4.17. The maximum Gasteiger partial charge on any atom is 0.255 e. The van der Waals surface area contributed by atoms with Crippen LogP contribution in [-0.2, 0) is 0 Å². The lowest BCUT2D eigenvalue weighted by atomic mass is 10.1. The molecular weight excluding hydrogens is 306 g/mol. The van der Waals surface area contributed by atoms with Gasteiger partial charge >= 0.3 is 0 Å². The van der Waals surface area contributed by atoms with Gasteiger partial charge in [0.2, 0.25) is 0 Å². The smallest absolute Gasteiger partial charge is 0.255 e. The van der Waals surface area contributed by atoms with E-state index in [0.29, 0.717) is 0 Å². The summed E-state index contributed by atoms with van der Waals surface area (Å²) in [6.45, 7) is 1.98. The zero-order chi connectivity index (χ0) is 16.0. The van der Waals surface area contributed by atoms with Crippen LogP contribution >= 0.6 is 11.6 Å². The molecule has 0 N–H and O–H groups in total. The average Bonchev–Trinajstić information content (AvgIpc) is 2.87. The van der Waals surface area contributed by atoms with Gasteiger partial charge in [-0.2, -0.15) is 0 Å². The number of hydrogen-bond acceptors (Lipinski definition) is 1. The highest BCUT2D eigenvalue weighted by molar-refractivity contribution is 6.31. The van der Waals surface area contributed by atoms with Crippen LogP contribution in [0.4, 0.5) is 0 Å². The normalized spacial score (nSPS) is 12.3. The molecule has 0 aliphatic heterocycles. The van der Waals surface area contributed by atoms with Gasteiger partial charge in [0.25, 0.3) is 5.56 Å². The summed E-state index contributed by atoms with van der Waals surface area (Å²) in [7, 11) is 0. The molecule has 0 spiro atoms. The van der Waals surface area contributed by atoms with Crippen molar-refractivity contribution in [1.29, 1.82) is 0 Å². The van der Waals surface area contributed by atoms with Gasteiger partial charge in [-0.1, -0.05) is 54.1 Å². The molecule has 0 amide bonds. The number of halogens is 1. The summed E-state index contributed by atoms with van der Waals surface area (Å²) in [5, 5.41) is 3.76. The van der Waals surface area contributed by atoms with Gasteiger partial charge < -0.3 is 0 Å². The first kappa shape index (κ1) is 14.0. The number of fused-ring (bicyclic) bond motifs is 3. The maximum absolute atomic E-state index is 12.4. The Morgan fingerprint density at radius 1 is 0.957 bits per heavy atom. The van der Waals surface area contributed by atoms with Crippen molar-refractivity contribution < 1.29 is 0 Å². The second-order valence-electron chi connectivity index (χ2n) is 5.67. The molecule has 3 heteroatoms. The van der Waals surface area contributed by atoms with E-state index in [1.54, 1.807) is 16.5 Å². The van der Waals surface area contributed by atoms with Crippen LogP contribution in [0.25, 0.3) is 22.4 Å². The highest BCUT2D eigenvalue weighted by atomic mass is 35.5. The Bertz CT molecular complexity index is 1160. The molecule has 0 bridgehead atoms. The Balaban J connectivity index is 2.18. The van der Waals surface area contributed by atoms with Crippen LogP contribution in [0.15, 0.2) is 65.5 Å². The van der Waals surface area contributed by atoms with Crippen molar-refractivity contribution in [3.63, 3.8) is 0 Å². The first-order valence-corrected chi connectivity index (χ1v) is 7.83. The fraction of sp³-hybridized carbons (Fsp3) is 0.0500. The van der Waals surface area contributed by atoms with Crippen LogP contribution in [0.5, 0.6) is 0 Å². The van der Waals surface area contributed by atoms with Crippen LogP contribution in [0, 0.1) is 6.92 Å². The Labute approximate surface area is 138 Å². The summed E-state index contributed by atoms with van der Waals surface area (Å²) in [5.41, 5.74) is 2.92. The van der Waals surface area contributed by atoms with Gasteiger partial charge in [-0.05, 0) is 36.3 Å². The van der Waals surface area contributed by atoms with Crippen molar-refractivity contribution in [1.82, 2.24) is 4.40 Å². The van der Waals surface area contributed by atoms with E-state index in [0.717, 1.165) is 37.8 Å². The quantitative estimate of drug-likeness (QED) is 0.520. The lowest BCUT2D eigenvalue weighted by Gasteiger charge is -1.99. The summed E-state index contributed by atoms with van der Waals surface area (Å²) >= 11 is 6.23. The van der Waals surface area contributed by atoms with E-state index in [4.69, 9.17) is 11.6 Å². The van der Waals surface area contributed by atoms with Gasteiger partial charge in [0.05, 0.1) is 10.9 Å². The minimum absolute atomic E-state index is 0.0249. The Hall–Kier alpha value is -2.58. The molecule has 0 atom stereocenters. The van der Waals surface area contributed by atoms with Gasteiger partial charge in [0.15, 0.2) is 0 Å². The highest BCUT2D eigenvalue weighted by Crippen LogP contribution is 2.19. The Morgan fingerprint density at radius 2 is 1.74 bits per heavy atom. The molecule has 0 saturated carbocycles. The fourth-order valence-electron chi connectivity index (χ4n) is 3.00. The molecule has 0 unspecified atom stereocenters. The van der Waals surface area contributed by atoms with Crippen molar-refractivity contribution in [2.45, 2.75) is 6.92 Å². The standard InChI is InChI=1S/C20H14ClNO/c1-13-9-10-14(11-17(13)21)12-19-16-6-3-2-5-15(16)18-7-4-8-20(23)22(18)19/h2-12H,1H3/b19-12+. The molecule has 2 aromatic carbocycles. The number of aryl methyl sites for hydroxylation is 1. The number of nitrogens with zero attached hydrogens (tertiary/aromatic N) is 1. The maximum atomic E-state index is 12.4. The monoisotopic (exact) mass is 319 g/mol. The van der Waals surface area contributed by atoms with E-state index in [-0.39, 0.29) is 5.56 Å². The third-order valence-corrected chi connectivity index (χ3v) is 4.58. The summed E-state index contributed by atoms with van der Waals surface area (Å²) in [4.78, 5) is 12.4. The van der Waals surface area contributed by atoms with Crippen molar-refractivity contribution in [3.8, 4) is 0 Å². The minimum Gasteiger partial charge on any atom is -0.276 e. The number of aromatic nitrogens is 1. The molecule has 0 aliphatic rings. The van der Waals surface area contributed by atoms with Crippen LogP contribution in [0.1, 0.15) is 11.1 Å². The molecule has 23 heavy (non-hydrogen) atoms. The van der Waals surface area contributed by atoms with E-state index in [1.807, 2.05) is 61.5 Å². The molecule has 0 fully saturated rings. The van der Waals surface area contributed by atoms with Crippen LogP contribution in [-0.4, -0.2) is 4.40 Å². The molecule has 112 valence electrons. The molecular formula is C20H14ClNO. The summed E-state index contributed by atoms with van der Waals surface area (Å²) in [6.07, 6.45) is 2.02. The molecule has 2 aromatic heterocycles.